The van der Waals surface area contributed by atoms with Gasteiger partial charge in [-0.25, -0.2) is 0 Å². The third-order valence-electron chi connectivity index (χ3n) is 2.98. The summed E-state index contributed by atoms with van der Waals surface area (Å²) in [4.78, 5) is 21.4. The van der Waals surface area contributed by atoms with E-state index >= 15 is 0 Å². The molecule has 0 heterocycles. The normalized spacial score (nSPS) is 10.3. The lowest BCUT2D eigenvalue weighted by atomic mass is 9.95. The van der Waals surface area contributed by atoms with E-state index in [0.29, 0.717) is 24.0 Å². The number of hydrogen-bond acceptors (Lipinski definition) is 3. The first-order valence-corrected chi connectivity index (χ1v) is 6.04. The van der Waals surface area contributed by atoms with E-state index in [0.717, 1.165) is 23.8 Å². The number of aliphatic hydroxyl groups excluding tert-OH is 1. The van der Waals surface area contributed by atoms with Crippen molar-refractivity contribution in [1.29, 1.82) is 0 Å². The molecule has 1 rings (SSSR count). The molecule has 98 valence electrons. The zero-order valence-corrected chi connectivity index (χ0v) is 10.5. The second kappa shape index (κ2) is 6.91. The standard InChI is InChI=1S/C14H18O4/c1-2-10-6-11(4-3-5-14(17)18)13(9-16)7-12(10)8-15/h6-8,16H,2-5,9H2,1H3,(H,17,18). The first-order chi connectivity index (χ1) is 8.62. The fraction of sp³-hybridized carbons (Fsp3) is 0.429. The van der Waals surface area contributed by atoms with Crippen LogP contribution in [0.15, 0.2) is 12.1 Å². The van der Waals surface area contributed by atoms with Gasteiger partial charge in [0.15, 0.2) is 0 Å². The summed E-state index contributed by atoms with van der Waals surface area (Å²) in [6, 6.07) is 3.60. The minimum absolute atomic E-state index is 0.113. The highest BCUT2D eigenvalue weighted by Crippen LogP contribution is 2.19. The van der Waals surface area contributed by atoms with Crippen molar-refractivity contribution in [2.75, 3.05) is 0 Å². The Morgan fingerprint density at radius 1 is 1.28 bits per heavy atom. The predicted molar refractivity (Wildman–Crippen MR) is 67.7 cm³/mol. The highest BCUT2D eigenvalue weighted by Gasteiger charge is 2.09. The number of aryl methyl sites for hydroxylation is 2. The van der Waals surface area contributed by atoms with Crippen molar-refractivity contribution in [2.24, 2.45) is 0 Å². The highest BCUT2D eigenvalue weighted by atomic mass is 16.4. The van der Waals surface area contributed by atoms with E-state index in [2.05, 4.69) is 0 Å². The maximum atomic E-state index is 10.9. The highest BCUT2D eigenvalue weighted by molar-refractivity contribution is 5.78. The molecule has 0 atom stereocenters. The Labute approximate surface area is 106 Å². The number of carboxylic acid groups (broad SMARTS) is 1. The number of rotatable bonds is 7. The number of aliphatic carboxylic acids is 1. The lowest BCUT2D eigenvalue weighted by molar-refractivity contribution is -0.137. The Hall–Kier alpha value is -1.68. The molecule has 18 heavy (non-hydrogen) atoms. The molecule has 0 aliphatic heterocycles. The largest absolute Gasteiger partial charge is 0.481 e. The summed E-state index contributed by atoms with van der Waals surface area (Å²) in [6.45, 7) is 1.83. The first kappa shape index (κ1) is 14.4. The number of carboxylic acids is 1. The van der Waals surface area contributed by atoms with Crippen LogP contribution in [0.2, 0.25) is 0 Å². The van der Waals surface area contributed by atoms with Gasteiger partial charge in [-0.3, -0.25) is 9.59 Å². The fourth-order valence-electron chi connectivity index (χ4n) is 1.99. The second-order valence-electron chi connectivity index (χ2n) is 4.20. The fourth-order valence-corrected chi connectivity index (χ4v) is 1.99. The Kier molecular flexibility index (Phi) is 5.52. The second-order valence-corrected chi connectivity index (χ2v) is 4.20. The van der Waals surface area contributed by atoms with Gasteiger partial charge in [0.05, 0.1) is 6.61 Å². The van der Waals surface area contributed by atoms with Crippen LogP contribution in [0, 0.1) is 0 Å². The van der Waals surface area contributed by atoms with Crippen molar-refractivity contribution in [3.05, 3.63) is 34.4 Å². The summed E-state index contributed by atoms with van der Waals surface area (Å²) < 4.78 is 0. The molecule has 4 heteroatoms. The molecule has 0 aromatic heterocycles. The zero-order chi connectivity index (χ0) is 13.5. The van der Waals surface area contributed by atoms with Crippen LogP contribution < -0.4 is 0 Å². The molecule has 4 nitrogen and oxygen atoms in total. The molecular formula is C14H18O4. The lowest BCUT2D eigenvalue weighted by Crippen LogP contribution is -2.02. The molecule has 0 radical (unpaired) electrons. The molecule has 0 unspecified atom stereocenters. The number of aliphatic hydroxyl groups is 1. The third-order valence-corrected chi connectivity index (χ3v) is 2.98. The first-order valence-electron chi connectivity index (χ1n) is 6.04. The van der Waals surface area contributed by atoms with E-state index < -0.39 is 5.97 Å². The van der Waals surface area contributed by atoms with Crippen molar-refractivity contribution >= 4 is 12.3 Å². The Morgan fingerprint density at radius 2 is 2.00 bits per heavy atom. The molecule has 1 aromatic rings. The van der Waals surface area contributed by atoms with Crippen LogP contribution in [0.5, 0.6) is 0 Å². The van der Waals surface area contributed by atoms with E-state index in [9.17, 15) is 14.7 Å². The third kappa shape index (κ3) is 3.67. The van der Waals surface area contributed by atoms with E-state index in [4.69, 9.17) is 5.11 Å². The Balaban J connectivity index is 2.94. The van der Waals surface area contributed by atoms with Gasteiger partial charge in [0.2, 0.25) is 0 Å². The van der Waals surface area contributed by atoms with Gasteiger partial charge in [0.25, 0.3) is 0 Å². The lowest BCUT2D eigenvalue weighted by Gasteiger charge is -2.11. The molecule has 0 aliphatic carbocycles. The minimum Gasteiger partial charge on any atom is -0.481 e. The molecule has 0 aliphatic rings. The van der Waals surface area contributed by atoms with Gasteiger partial charge < -0.3 is 10.2 Å². The topological polar surface area (TPSA) is 74.6 Å². The molecule has 0 bridgehead atoms. The predicted octanol–water partition coefficient (Wildman–Crippen LogP) is 1.96. The minimum atomic E-state index is -0.819. The number of carbonyl (C=O) groups is 2. The van der Waals surface area contributed by atoms with Crippen LogP contribution in [-0.2, 0) is 24.2 Å². The molecule has 2 N–H and O–H groups in total. The molecule has 0 amide bonds. The molecule has 0 saturated heterocycles. The SMILES string of the molecule is CCc1cc(CCCC(=O)O)c(CO)cc1C=O. The summed E-state index contributed by atoms with van der Waals surface area (Å²) >= 11 is 0. The van der Waals surface area contributed by atoms with Gasteiger partial charge in [-0.2, -0.15) is 0 Å². The quantitative estimate of drug-likeness (QED) is 0.725. The maximum Gasteiger partial charge on any atom is 0.303 e. The summed E-state index contributed by atoms with van der Waals surface area (Å²) in [5, 5.41) is 17.9. The van der Waals surface area contributed by atoms with E-state index in [-0.39, 0.29) is 13.0 Å². The number of carbonyl (C=O) groups excluding carboxylic acids is 1. The van der Waals surface area contributed by atoms with E-state index in [1.807, 2.05) is 13.0 Å². The summed E-state index contributed by atoms with van der Waals surface area (Å²) in [6.07, 6.45) is 2.78. The van der Waals surface area contributed by atoms with Crippen LogP contribution in [0.4, 0.5) is 0 Å². The molecule has 0 fully saturated rings. The maximum absolute atomic E-state index is 10.9. The summed E-state index contributed by atoms with van der Waals surface area (Å²) in [5.41, 5.74) is 3.18. The summed E-state index contributed by atoms with van der Waals surface area (Å²) in [7, 11) is 0. The molecule has 1 aromatic carbocycles. The van der Waals surface area contributed by atoms with Crippen molar-refractivity contribution in [3.63, 3.8) is 0 Å². The van der Waals surface area contributed by atoms with Crippen LogP contribution in [-0.4, -0.2) is 22.5 Å². The summed E-state index contributed by atoms with van der Waals surface area (Å²) in [5.74, 6) is -0.819. The average Bonchev–Trinajstić information content (AvgIpc) is 2.37. The van der Waals surface area contributed by atoms with Crippen LogP contribution in [0.25, 0.3) is 0 Å². The van der Waals surface area contributed by atoms with Crippen molar-refractivity contribution in [1.82, 2.24) is 0 Å². The van der Waals surface area contributed by atoms with Crippen molar-refractivity contribution < 1.29 is 19.8 Å². The number of benzene rings is 1. The smallest absolute Gasteiger partial charge is 0.303 e. The van der Waals surface area contributed by atoms with Crippen molar-refractivity contribution in [3.8, 4) is 0 Å². The van der Waals surface area contributed by atoms with Crippen LogP contribution >= 0.6 is 0 Å². The van der Waals surface area contributed by atoms with Crippen molar-refractivity contribution in [2.45, 2.75) is 39.2 Å². The Morgan fingerprint density at radius 3 is 2.50 bits per heavy atom. The number of aldehydes is 1. The molecular weight excluding hydrogens is 232 g/mol. The van der Waals surface area contributed by atoms with Gasteiger partial charge in [-0.15, -0.1) is 0 Å². The monoisotopic (exact) mass is 250 g/mol. The van der Waals surface area contributed by atoms with Crippen LogP contribution in [0.3, 0.4) is 0 Å². The van der Waals surface area contributed by atoms with Gasteiger partial charge in [0.1, 0.15) is 6.29 Å². The van der Waals surface area contributed by atoms with E-state index in [1.54, 1.807) is 6.07 Å². The average molecular weight is 250 g/mol. The van der Waals surface area contributed by atoms with Gasteiger partial charge in [-0.1, -0.05) is 13.0 Å². The molecule has 0 saturated carbocycles. The van der Waals surface area contributed by atoms with Gasteiger partial charge in [0, 0.05) is 12.0 Å². The van der Waals surface area contributed by atoms with Gasteiger partial charge in [-0.05, 0) is 42.0 Å². The number of hydrogen-bond donors (Lipinski definition) is 2. The van der Waals surface area contributed by atoms with Crippen LogP contribution in [0.1, 0.15) is 46.8 Å². The Bertz CT molecular complexity index is 438. The van der Waals surface area contributed by atoms with E-state index in [1.165, 1.54) is 0 Å². The zero-order valence-electron chi connectivity index (χ0n) is 10.5. The molecule has 0 spiro atoms. The van der Waals surface area contributed by atoms with Gasteiger partial charge >= 0.3 is 5.97 Å².